The van der Waals surface area contributed by atoms with E-state index in [-0.39, 0.29) is 5.91 Å². The second-order valence-corrected chi connectivity index (χ2v) is 4.86. The summed E-state index contributed by atoms with van der Waals surface area (Å²) in [5.74, 6) is 0.990. The van der Waals surface area contributed by atoms with Crippen molar-refractivity contribution in [2.75, 3.05) is 26.2 Å². The van der Waals surface area contributed by atoms with Gasteiger partial charge in [0.1, 0.15) is 5.75 Å². The lowest BCUT2D eigenvalue weighted by Gasteiger charge is -2.22. The fourth-order valence-electron chi connectivity index (χ4n) is 2.32. The molecule has 1 aromatic rings. The van der Waals surface area contributed by atoms with Crippen molar-refractivity contribution in [3.05, 3.63) is 29.3 Å². The summed E-state index contributed by atoms with van der Waals surface area (Å²) in [6.07, 6.45) is 2.98. The summed E-state index contributed by atoms with van der Waals surface area (Å²) < 4.78 is 5.46. The van der Waals surface area contributed by atoms with Gasteiger partial charge in [-0.2, -0.15) is 0 Å². The Morgan fingerprint density at radius 2 is 2.26 bits per heavy atom. The van der Waals surface area contributed by atoms with Crippen LogP contribution in [0.4, 0.5) is 0 Å². The second-order valence-electron chi connectivity index (χ2n) is 4.86. The number of fused-ring (bicyclic) bond motifs is 1. The first-order chi connectivity index (χ1) is 9.26. The monoisotopic (exact) mass is 262 g/mol. The Hall–Kier alpha value is -1.55. The van der Waals surface area contributed by atoms with E-state index in [1.807, 2.05) is 23.1 Å². The van der Waals surface area contributed by atoms with Gasteiger partial charge in [0.05, 0.1) is 6.61 Å². The molecular weight excluding hydrogens is 240 g/mol. The number of unbranched alkanes of at least 4 members (excludes halogenated alkanes) is 1. The van der Waals surface area contributed by atoms with Gasteiger partial charge in [-0.15, -0.1) is 0 Å². The lowest BCUT2D eigenvalue weighted by atomic mass is 10.1. The molecule has 0 unspecified atom stereocenters. The second kappa shape index (κ2) is 6.57. The van der Waals surface area contributed by atoms with Crippen LogP contribution in [-0.2, 0) is 6.42 Å². The molecule has 0 fully saturated rings. The Balaban J connectivity index is 2.11. The standard InChI is InChI=1S/C15H22N2O2/c1-2-3-8-17(9-7-16)15(18)13-4-5-14-12(11-13)6-10-19-14/h4-5,11H,2-3,6-10,16H2,1H3. The average molecular weight is 262 g/mol. The first kappa shape index (κ1) is 13.9. The van der Waals surface area contributed by atoms with Gasteiger partial charge in [-0.3, -0.25) is 4.79 Å². The summed E-state index contributed by atoms with van der Waals surface area (Å²) in [6, 6.07) is 5.71. The first-order valence-electron chi connectivity index (χ1n) is 7.01. The largest absolute Gasteiger partial charge is 0.493 e. The van der Waals surface area contributed by atoms with Crippen LogP contribution in [0.25, 0.3) is 0 Å². The van der Waals surface area contributed by atoms with E-state index in [9.17, 15) is 4.79 Å². The summed E-state index contributed by atoms with van der Waals surface area (Å²) in [5, 5.41) is 0. The number of carbonyl (C=O) groups is 1. The smallest absolute Gasteiger partial charge is 0.253 e. The first-order valence-corrected chi connectivity index (χ1v) is 7.01. The predicted octanol–water partition coefficient (Wildman–Crippen LogP) is 1.82. The molecule has 0 saturated carbocycles. The van der Waals surface area contributed by atoms with E-state index in [1.54, 1.807) is 0 Å². The van der Waals surface area contributed by atoms with Crippen LogP contribution in [-0.4, -0.2) is 37.0 Å². The van der Waals surface area contributed by atoms with Crippen LogP contribution in [0.1, 0.15) is 35.7 Å². The van der Waals surface area contributed by atoms with Gasteiger partial charge in [0.25, 0.3) is 5.91 Å². The number of nitrogens with two attached hydrogens (primary N) is 1. The number of nitrogens with zero attached hydrogens (tertiary/aromatic N) is 1. The van der Waals surface area contributed by atoms with Gasteiger partial charge in [-0.25, -0.2) is 0 Å². The molecule has 4 heteroatoms. The molecule has 0 aromatic heterocycles. The minimum Gasteiger partial charge on any atom is -0.493 e. The van der Waals surface area contributed by atoms with Crippen LogP contribution in [0, 0.1) is 0 Å². The highest BCUT2D eigenvalue weighted by Crippen LogP contribution is 2.26. The molecule has 0 aliphatic carbocycles. The molecule has 1 heterocycles. The van der Waals surface area contributed by atoms with E-state index >= 15 is 0 Å². The van der Waals surface area contributed by atoms with Crippen LogP contribution in [0.3, 0.4) is 0 Å². The lowest BCUT2D eigenvalue weighted by molar-refractivity contribution is 0.0758. The number of rotatable bonds is 6. The van der Waals surface area contributed by atoms with Gasteiger partial charge in [-0.1, -0.05) is 13.3 Å². The van der Waals surface area contributed by atoms with Crippen molar-refractivity contribution in [1.29, 1.82) is 0 Å². The van der Waals surface area contributed by atoms with Crippen molar-refractivity contribution in [2.24, 2.45) is 5.73 Å². The summed E-state index contributed by atoms with van der Waals surface area (Å²) in [4.78, 5) is 14.3. The fraction of sp³-hybridized carbons (Fsp3) is 0.533. The molecule has 19 heavy (non-hydrogen) atoms. The molecule has 2 N–H and O–H groups in total. The van der Waals surface area contributed by atoms with E-state index in [0.29, 0.717) is 13.1 Å². The van der Waals surface area contributed by atoms with Crippen molar-refractivity contribution < 1.29 is 9.53 Å². The number of hydrogen-bond acceptors (Lipinski definition) is 3. The molecule has 0 bridgehead atoms. The highest BCUT2D eigenvalue weighted by Gasteiger charge is 2.18. The van der Waals surface area contributed by atoms with Crippen molar-refractivity contribution >= 4 is 5.91 Å². The van der Waals surface area contributed by atoms with Gasteiger partial charge < -0.3 is 15.4 Å². The molecule has 1 aliphatic rings. The minimum absolute atomic E-state index is 0.0774. The molecule has 0 saturated heterocycles. The van der Waals surface area contributed by atoms with Gasteiger partial charge in [-0.05, 0) is 30.2 Å². The number of hydrogen-bond donors (Lipinski definition) is 1. The van der Waals surface area contributed by atoms with E-state index in [4.69, 9.17) is 10.5 Å². The van der Waals surface area contributed by atoms with Gasteiger partial charge in [0.2, 0.25) is 0 Å². The van der Waals surface area contributed by atoms with Crippen molar-refractivity contribution in [1.82, 2.24) is 4.90 Å². The number of benzene rings is 1. The number of carbonyl (C=O) groups excluding carboxylic acids is 1. The third-order valence-corrected chi connectivity index (χ3v) is 3.40. The lowest BCUT2D eigenvalue weighted by Crippen LogP contribution is -2.36. The maximum absolute atomic E-state index is 12.5. The van der Waals surface area contributed by atoms with Crippen molar-refractivity contribution in [3.8, 4) is 5.75 Å². The van der Waals surface area contributed by atoms with E-state index < -0.39 is 0 Å². The topological polar surface area (TPSA) is 55.6 Å². The molecule has 4 nitrogen and oxygen atoms in total. The number of ether oxygens (including phenoxy) is 1. The van der Waals surface area contributed by atoms with E-state index in [1.165, 1.54) is 0 Å². The Labute approximate surface area is 114 Å². The maximum Gasteiger partial charge on any atom is 0.253 e. The maximum atomic E-state index is 12.5. The molecule has 1 amide bonds. The Kier molecular flexibility index (Phi) is 4.80. The highest BCUT2D eigenvalue weighted by atomic mass is 16.5. The van der Waals surface area contributed by atoms with Crippen molar-refractivity contribution in [3.63, 3.8) is 0 Å². The Morgan fingerprint density at radius 3 is 3.00 bits per heavy atom. The summed E-state index contributed by atoms with van der Waals surface area (Å²) in [6.45, 7) is 4.74. The molecule has 104 valence electrons. The summed E-state index contributed by atoms with van der Waals surface area (Å²) in [7, 11) is 0. The Morgan fingerprint density at radius 1 is 1.42 bits per heavy atom. The molecule has 0 radical (unpaired) electrons. The molecular formula is C15H22N2O2. The zero-order valence-electron chi connectivity index (χ0n) is 11.5. The molecule has 1 aliphatic heterocycles. The van der Waals surface area contributed by atoms with Gasteiger partial charge in [0.15, 0.2) is 0 Å². The zero-order chi connectivity index (χ0) is 13.7. The fourth-order valence-corrected chi connectivity index (χ4v) is 2.32. The quantitative estimate of drug-likeness (QED) is 0.851. The van der Waals surface area contributed by atoms with Gasteiger partial charge >= 0.3 is 0 Å². The summed E-state index contributed by atoms with van der Waals surface area (Å²) in [5.41, 5.74) is 7.47. The number of amides is 1. The van der Waals surface area contributed by atoms with Crippen LogP contribution < -0.4 is 10.5 Å². The third kappa shape index (κ3) is 3.26. The van der Waals surface area contributed by atoms with E-state index in [0.717, 1.165) is 49.3 Å². The van der Waals surface area contributed by atoms with Gasteiger partial charge in [0, 0.05) is 31.6 Å². The minimum atomic E-state index is 0.0774. The molecule has 0 spiro atoms. The van der Waals surface area contributed by atoms with Crippen LogP contribution in [0.5, 0.6) is 5.75 Å². The predicted molar refractivity (Wildman–Crippen MR) is 75.5 cm³/mol. The third-order valence-electron chi connectivity index (χ3n) is 3.40. The van der Waals surface area contributed by atoms with Crippen molar-refractivity contribution in [2.45, 2.75) is 26.2 Å². The van der Waals surface area contributed by atoms with Crippen LogP contribution in [0.2, 0.25) is 0 Å². The molecule has 1 aromatic carbocycles. The van der Waals surface area contributed by atoms with Crippen LogP contribution in [0.15, 0.2) is 18.2 Å². The van der Waals surface area contributed by atoms with E-state index in [2.05, 4.69) is 6.92 Å². The zero-order valence-corrected chi connectivity index (χ0v) is 11.5. The highest BCUT2D eigenvalue weighted by molar-refractivity contribution is 5.94. The Bertz CT molecular complexity index is 446. The summed E-state index contributed by atoms with van der Waals surface area (Å²) >= 11 is 0. The SMILES string of the molecule is CCCCN(CCN)C(=O)c1ccc2c(c1)CCO2. The average Bonchev–Trinajstić information content (AvgIpc) is 2.90. The molecule has 0 atom stereocenters. The molecule has 2 rings (SSSR count). The van der Waals surface area contributed by atoms with Crippen LogP contribution >= 0.6 is 0 Å². The normalized spacial score (nSPS) is 12.9.